The molecule has 1 unspecified atom stereocenters. The molecule has 0 radical (unpaired) electrons. The van der Waals surface area contributed by atoms with Crippen molar-refractivity contribution < 1.29 is 17.2 Å². The summed E-state index contributed by atoms with van der Waals surface area (Å²) in [5, 5.41) is 0. The third-order valence-electron chi connectivity index (χ3n) is 0.794. The van der Waals surface area contributed by atoms with E-state index in [4.69, 9.17) is 11.0 Å². The fourth-order valence-electron chi connectivity index (χ4n) is 0.360. The van der Waals surface area contributed by atoms with E-state index in [-0.39, 0.29) is 0 Å². The lowest BCUT2D eigenvalue weighted by Gasteiger charge is -2.03. The van der Waals surface area contributed by atoms with E-state index in [0.29, 0.717) is 6.42 Å². The maximum atomic E-state index is 10.00. The second-order valence-corrected chi connectivity index (χ2v) is 2.64. The van der Waals surface area contributed by atoms with E-state index in [1.54, 1.807) is 6.92 Å². The number of rotatable bonds is 3. The average molecular weight is 164 g/mol. The fourth-order valence-corrected chi connectivity index (χ4v) is 0.846. The second-order valence-electron chi connectivity index (χ2n) is 1.59. The molecule has 10 heavy (non-hydrogen) atoms. The molecule has 0 aromatic rings. The first kappa shape index (κ1) is 9.43. The van der Waals surface area contributed by atoms with Gasteiger partial charge in [-0.15, -0.1) is 6.42 Å². The zero-order chi connectivity index (χ0) is 8.20. The van der Waals surface area contributed by atoms with Crippen LogP contribution >= 0.6 is 0 Å². The lowest BCUT2D eigenvalue weighted by molar-refractivity contribution is 0.223. The van der Waals surface area contributed by atoms with Gasteiger partial charge in [-0.25, -0.2) is 4.18 Å². The quantitative estimate of drug-likeness (QED) is 0.478. The van der Waals surface area contributed by atoms with Gasteiger partial charge in [-0.05, 0) is 6.42 Å². The molecule has 0 saturated heterocycles. The van der Waals surface area contributed by atoms with Gasteiger partial charge in [0.25, 0.3) is 0 Å². The third-order valence-corrected chi connectivity index (χ3v) is 1.27. The smallest absolute Gasteiger partial charge is 0.263 e. The third kappa shape index (κ3) is 4.32. The van der Waals surface area contributed by atoms with Crippen LogP contribution in [0.3, 0.4) is 0 Å². The standard InChI is InChI=1S/C5H8O4S/c1-3-5(4-2)9-10(6,7)8/h1,5H,4H2,2H3,(H,6,7,8). The van der Waals surface area contributed by atoms with E-state index < -0.39 is 16.5 Å². The van der Waals surface area contributed by atoms with Crippen molar-refractivity contribution in [1.82, 2.24) is 0 Å². The predicted molar refractivity (Wildman–Crippen MR) is 35.5 cm³/mol. The minimum absolute atomic E-state index is 0.344. The molecule has 0 fully saturated rings. The molecule has 0 spiro atoms. The van der Waals surface area contributed by atoms with Gasteiger partial charge in [0.15, 0.2) is 0 Å². The Bertz CT molecular complexity index is 223. The fraction of sp³-hybridized carbons (Fsp3) is 0.600. The Labute approximate surface area is 60.1 Å². The highest BCUT2D eigenvalue weighted by Gasteiger charge is 2.11. The van der Waals surface area contributed by atoms with Crippen molar-refractivity contribution in [3.8, 4) is 12.3 Å². The van der Waals surface area contributed by atoms with Crippen LogP contribution in [0.15, 0.2) is 0 Å². The summed E-state index contributed by atoms with van der Waals surface area (Å²) in [7, 11) is -4.39. The highest BCUT2D eigenvalue weighted by molar-refractivity contribution is 7.80. The molecule has 0 saturated carbocycles. The van der Waals surface area contributed by atoms with Crippen LogP contribution in [-0.4, -0.2) is 19.1 Å². The molecule has 0 aromatic carbocycles. The zero-order valence-corrected chi connectivity index (χ0v) is 6.26. The molecule has 0 heterocycles. The molecule has 0 bridgehead atoms. The normalized spacial score (nSPS) is 14.1. The summed E-state index contributed by atoms with van der Waals surface area (Å²) in [6.07, 6.45) is 4.32. The SMILES string of the molecule is C#CC(CC)OS(=O)(=O)O. The first-order valence-electron chi connectivity index (χ1n) is 2.61. The molecule has 0 rings (SSSR count). The maximum Gasteiger partial charge on any atom is 0.398 e. The Balaban J connectivity index is 4.04. The van der Waals surface area contributed by atoms with Crippen molar-refractivity contribution in [3.63, 3.8) is 0 Å². The first-order valence-corrected chi connectivity index (χ1v) is 3.98. The van der Waals surface area contributed by atoms with Gasteiger partial charge in [0.1, 0.15) is 6.10 Å². The Morgan fingerprint density at radius 1 is 1.80 bits per heavy atom. The van der Waals surface area contributed by atoms with Crippen molar-refractivity contribution >= 4 is 10.4 Å². The number of hydrogen-bond donors (Lipinski definition) is 1. The summed E-state index contributed by atoms with van der Waals surface area (Å²) in [4.78, 5) is 0. The predicted octanol–water partition coefficient (Wildman–Crippen LogP) is 0.218. The summed E-state index contributed by atoms with van der Waals surface area (Å²) in [6.45, 7) is 1.65. The largest absolute Gasteiger partial charge is 0.398 e. The van der Waals surface area contributed by atoms with Gasteiger partial charge in [0, 0.05) is 0 Å². The molecular formula is C5H8O4S. The Morgan fingerprint density at radius 3 is 2.40 bits per heavy atom. The minimum Gasteiger partial charge on any atom is -0.263 e. The van der Waals surface area contributed by atoms with Crippen molar-refractivity contribution in [3.05, 3.63) is 0 Å². The number of hydrogen-bond acceptors (Lipinski definition) is 3. The Hall–Kier alpha value is -0.570. The summed E-state index contributed by atoms with van der Waals surface area (Å²) >= 11 is 0. The molecule has 4 nitrogen and oxygen atoms in total. The van der Waals surface area contributed by atoms with Crippen LogP contribution in [0.5, 0.6) is 0 Å². The van der Waals surface area contributed by atoms with Crippen molar-refractivity contribution in [2.24, 2.45) is 0 Å². The van der Waals surface area contributed by atoms with E-state index in [2.05, 4.69) is 4.18 Å². The lowest BCUT2D eigenvalue weighted by Crippen LogP contribution is -2.14. The molecule has 0 aliphatic rings. The number of terminal acetylenes is 1. The van der Waals surface area contributed by atoms with Crippen LogP contribution in [0.2, 0.25) is 0 Å². The summed E-state index contributed by atoms with van der Waals surface area (Å²) < 4.78 is 32.1. The lowest BCUT2D eigenvalue weighted by atomic mass is 10.3. The Morgan fingerprint density at radius 2 is 2.30 bits per heavy atom. The second kappa shape index (κ2) is 3.56. The summed E-state index contributed by atoms with van der Waals surface area (Å²) in [5.74, 6) is 2.05. The van der Waals surface area contributed by atoms with Gasteiger partial charge in [-0.3, -0.25) is 4.55 Å². The molecular weight excluding hydrogens is 156 g/mol. The van der Waals surface area contributed by atoms with Crippen LogP contribution in [0.25, 0.3) is 0 Å². The van der Waals surface area contributed by atoms with Gasteiger partial charge < -0.3 is 0 Å². The van der Waals surface area contributed by atoms with E-state index in [1.165, 1.54) is 0 Å². The molecule has 5 heteroatoms. The summed E-state index contributed by atoms with van der Waals surface area (Å²) in [5.41, 5.74) is 0. The first-order chi connectivity index (χ1) is 4.49. The molecule has 0 aliphatic carbocycles. The van der Waals surface area contributed by atoms with Crippen molar-refractivity contribution in [2.75, 3.05) is 0 Å². The molecule has 58 valence electrons. The van der Waals surface area contributed by atoms with Crippen LogP contribution in [0.4, 0.5) is 0 Å². The van der Waals surface area contributed by atoms with Crippen LogP contribution in [-0.2, 0) is 14.6 Å². The topological polar surface area (TPSA) is 63.6 Å². The van der Waals surface area contributed by atoms with Crippen LogP contribution in [0.1, 0.15) is 13.3 Å². The Kier molecular flexibility index (Phi) is 3.36. The average Bonchev–Trinajstić information content (AvgIpc) is 1.81. The summed E-state index contributed by atoms with van der Waals surface area (Å²) in [6, 6.07) is 0. The van der Waals surface area contributed by atoms with E-state index in [1.807, 2.05) is 5.92 Å². The highest BCUT2D eigenvalue weighted by atomic mass is 32.3. The van der Waals surface area contributed by atoms with E-state index >= 15 is 0 Å². The molecule has 0 aliphatic heterocycles. The molecule has 1 atom stereocenters. The van der Waals surface area contributed by atoms with E-state index in [9.17, 15) is 8.42 Å². The highest BCUT2D eigenvalue weighted by Crippen LogP contribution is 1.99. The van der Waals surface area contributed by atoms with Gasteiger partial charge in [0.2, 0.25) is 0 Å². The van der Waals surface area contributed by atoms with Crippen molar-refractivity contribution in [2.45, 2.75) is 19.4 Å². The van der Waals surface area contributed by atoms with Crippen LogP contribution < -0.4 is 0 Å². The van der Waals surface area contributed by atoms with Gasteiger partial charge >= 0.3 is 10.4 Å². The van der Waals surface area contributed by atoms with Gasteiger partial charge in [-0.1, -0.05) is 12.8 Å². The van der Waals surface area contributed by atoms with Gasteiger partial charge in [-0.2, -0.15) is 8.42 Å². The molecule has 0 amide bonds. The van der Waals surface area contributed by atoms with Crippen molar-refractivity contribution in [1.29, 1.82) is 0 Å². The molecule has 1 N–H and O–H groups in total. The van der Waals surface area contributed by atoms with E-state index in [0.717, 1.165) is 0 Å². The maximum absolute atomic E-state index is 10.00. The van der Waals surface area contributed by atoms with Crippen LogP contribution in [0, 0.1) is 12.3 Å². The molecule has 0 aromatic heterocycles. The van der Waals surface area contributed by atoms with Gasteiger partial charge in [0.05, 0.1) is 0 Å². The zero-order valence-electron chi connectivity index (χ0n) is 5.44. The monoisotopic (exact) mass is 164 g/mol. The minimum atomic E-state index is -4.39.